The van der Waals surface area contributed by atoms with Crippen molar-refractivity contribution in [3.63, 3.8) is 0 Å². The Kier molecular flexibility index (Phi) is 13.7. The highest BCUT2D eigenvalue weighted by atomic mass is 32.1. The fourth-order valence-electron chi connectivity index (χ4n) is 2.11. The van der Waals surface area contributed by atoms with Gasteiger partial charge in [0.15, 0.2) is 0 Å². The van der Waals surface area contributed by atoms with Crippen molar-refractivity contribution in [2.24, 2.45) is 0 Å². The van der Waals surface area contributed by atoms with Gasteiger partial charge in [-0.2, -0.15) is 12.6 Å². The Balaban J connectivity index is 3.06. The third-order valence-electron chi connectivity index (χ3n) is 3.28. The molecule has 98 valence electrons. The minimum Gasteiger partial charge on any atom is -0.176 e. The van der Waals surface area contributed by atoms with E-state index in [1.54, 1.807) is 0 Å². The van der Waals surface area contributed by atoms with Crippen molar-refractivity contribution in [1.82, 2.24) is 0 Å². The molecule has 0 saturated carbocycles. The van der Waals surface area contributed by atoms with Crippen LogP contribution in [0.2, 0.25) is 0 Å². The van der Waals surface area contributed by atoms with Crippen molar-refractivity contribution in [3.8, 4) is 0 Å². The first kappa shape index (κ1) is 16.4. The molecule has 0 aliphatic carbocycles. The maximum absolute atomic E-state index is 4.66. The highest BCUT2D eigenvalue weighted by molar-refractivity contribution is 7.80. The molecule has 0 N–H and O–H groups in total. The molecule has 0 nitrogen and oxygen atoms in total. The molecule has 0 bridgehead atoms. The molecule has 1 unspecified atom stereocenters. The van der Waals surface area contributed by atoms with Crippen LogP contribution >= 0.6 is 12.6 Å². The van der Waals surface area contributed by atoms with Crippen molar-refractivity contribution < 1.29 is 0 Å². The maximum Gasteiger partial charge on any atom is 0.00168 e. The summed E-state index contributed by atoms with van der Waals surface area (Å²) in [5.41, 5.74) is 0. The van der Waals surface area contributed by atoms with Crippen molar-refractivity contribution in [2.75, 3.05) is 0 Å². The summed E-state index contributed by atoms with van der Waals surface area (Å²) in [6, 6.07) is 0. The van der Waals surface area contributed by atoms with Gasteiger partial charge in [0.25, 0.3) is 0 Å². The first-order valence-electron chi connectivity index (χ1n) is 7.49. The number of unbranched alkanes of at least 4 members (excludes halogenated alkanes) is 8. The summed E-state index contributed by atoms with van der Waals surface area (Å²) in [6.45, 7) is 4.55. The number of rotatable bonds is 12. The number of thiol groups is 1. The van der Waals surface area contributed by atoms with Gasteiger partial charge in [0.1, 0.15) is 0 Å². The molecule has 0 aromatic rings. The van der Waals surface area contributed by atoms with Crippen molar-refractivity contribution in [3.05, 3.63) is 0 Å². The molecule has 0 fully saturated rings. The lowest BCUT2D eigenvalue weighted by Crippen LogP contribution is -1.98. The van der Waals surface area contributed by atoms with Gasteiger partial charge in [0.05, 0.1) is 0 Å². The third kappa shape index (κ3) is 12.4. The second kappa shape index (κ2) is 13.4. The predicted molar refractivity (Wildman–Crippen MR) is 79.5 cm³/mol. The summed E-state index contributed by atoms with van der Waals surface area (Å²) in [6.07, 6.45) is 16.7. The van der Waals surface area contributed by atoms with Crippen LogP contribution in [0.4, 0.5) is 0 Å². The van der Waals surface area contributed by atoms with E-state index in [9.17, 15) is 0 Å². The molecule has 0 spiro atoms. The second-order valence-corrected chi connectivity index (χ2v) is 5.79. The molecule has 0 aromatic carbocycles. The summed E-state index contributed by atoms with van der Waals surface area (Å²) < 4.78 is 0. The quantitative estimate of drug-likeness (QED) is 0.315. The average Bonchev–Trinajstić information content (AvgIpc) is 2.28. The Labute approximate surface area is 109 Å². The molecule has 0 saturated heterocycles. The molecule has 0 aliphatic rings. The van der Waals surface area contributed by atoms with Crippen LogP contribution in [0.1, 0.15) is 90.9 Å². The lowest BCUT2D eigenvalue weighted by Gasteiger charge is -2.09. The molecule has 0 rings (SSSR count). The van der Waals surface area contributed by atoms with E-state index in [0.717, 1.165) is 0 Å². The van der Waals surface area contributed by atoms with Gasteiger partial charge in [-0.25, -0.2) is 0 Å². The first-order chi connectivity index (χ1) is 7.81. The summed E-state index contributed by atoms with van der Waals surface area (Å²) in [4.78, 5) is 0. The van der Waals surface area contributed by atoms with Crippen LogP contribution in [-0.2, 0) is 0 Å². The van der Waals surface area contributed by atoms with E-state index in [2.05, 4.69) is 26.5 Å². The molecule has 1 heteroatoms. The normalized spacial score (nSPS) is 12.9. The zero-order chi connectivity index (χ0) is 12.1. The van der Waals surface area contributed by atoms with E-state index in [0.29, 0.717) is 5.25 Å². The molecule has 16 heavy (non-hydrogen) atoms. The van der Waals surface area contributed by atoms with Gasteiger partial charge in [-0.05, 0) is 12.8 Å². The summed E-state index contributed by atoms with van der Waals surface area (Å²) in [5, 5.41) is 0.669. The molecule has 1 atom stereocenters. The van der Waals surface area contributed by atoms with E-state index in [4.69, 9.17) is 0 Å². The van der Waals surface area contributed by atoms with E-state index in [1.165, 1.54) is 77.0 Å². The average molecular weight is 244 g/mol. The Morgan fingerprint density at radius 2 is 1.00 bits per heavy atom. The van der Waals surface area contributed by atoms with Crippen molar-refractivity contribution >= 4 is 12.6 Å². The monoisotopic (exact) mass is 244 g/mol. The zero-order valence-electron chi connectivity index (χ0n) is 11.5. The highest BCUT2D eigenvalue weighted by Gasteiger charge is 2.02. The van der Waals surface area contributed by atoms with E-state index in [-0.39, 0.29) is 0 Å². The van der Waals surface area contributed by atoms with E-state index in [1.807, 2.05) is 0 Å². The van der Waals surface area contributed by atoms with Crippen LogP contribution in [0.15, 0.2) is 0 Å². The predicted octanol–water partition coefficient (Wildman–Crippen LogP) is 6.01. The minimum absolute atomic E-state index is 0.669. The van der Waals surface area contributed by atoms with Gasteiger partial charge in [-0.3, -0.25) is 0 Å². The largest absolute Gasteiger partial charge is 0.176 e. The van der Waals surface area contributed by atoms with Crippen molar-refractivity contribution in [2.45, 2.75) is 96.1 Å². The standard InChI is InChI=1S/C15H32S/c1-3-5-7-8-9-10-12-14-15(16)13-11-6-4-2/h15-16H,3-14H2,1-2H3. The maximum atomic E-state index is 4.66. The van der Waals surface area contributed by atoms with Crippen molar-refractivity contribution in [1.29, 1.82) is 0 Å². The summed E-state index contributed by atoms with van der Waals surface area (Å²) in [5.74, 6) is 0. The summed E-state index contributed by atoms with van der Waals surface area (Å²) >= 11 is 4.66. The minimum atomic E-state index is 0.669. The number of hydrogen-bond acceptors (Lipinski definition) is 1. The van der Waals surface area contributed by atoms with Crippen LogP contribution in [0, 0.1) is 0 Å². The number of hydrogen-bond donors (Lipinski definition) is 1. The Hall–Kier alpha value is 0.350. The van der Waals surface area contributed by atoms with Gasteiger partial charge in [-0.1, -0.05) is 78.1 Å². The molecule has 0 aromatic heterocycles. The lowest BCUT2D eigenvalue weighted by atomic mass is 10.0. The smallest absolute Gasteiger partial charge is 0.00168 e. The Morgan fingerprint density at radius 1 is 0.625 bits per heavy atom. The van der Waals surface area contributed by atoms with Crippen LogP contribution in [0.5, 0.6) is 0 Å². The third-order valence-corrected chi connectivity index (χ3v) is 3.80. The molecule has 0 radical (unpaired) electrons. The van der Waals surface area contributed by atoms with Gasteiger partial charge in [-0.15, -0.1) is 0 Å². The van der Waals surface area contributed by atoms with Crippen LogP contribution < -0.4 is 0 Å². The van der Waals surface area contributed by atoms with Gasteiger partial charge in [0.2, 0.25) is 0 Å². The van der Waals surface area contributed by atoms with Crippen LogP contribution in [0.25, 0.3) is 0 Å². The Morgan fingerprint density at radius 3 is 1.56 bits per heavy atom. The Bertz CT molecular complexity index is 123. The first-order valence-corrected chi connectivity index (χ1v) is 8.01. The fourth-order valence-corrected chi connectivity index (χ4v) is 2.48. The zero-order valence-corrected chi connectivity index (χ0v) is 12.4. The van der Waals surface area contributed by atoms with Gasteiger partial charge < -0.3 is 0 Å². The highest BCUT2D eigenvalue weighted by Crippen LogP contribution is 2.16. The fraction of sp³-hybridized carbons (Fsp3) is 1.00. The second-order valence-electron chi connectivity index (χ2n) is 5.06. The van der Waals surface area contributed by atoms with E-state index < -0.39 is 0 Å². The lowest BCUT2D eigenvalue weighted by molar-refractivity contribution is 0.551. The molecule has 0 heterocycles. The van der Waals surface area contributed by atoms with Gasteiger partial charge >= 0.3 is 0 Å². The van der Waals surface area contributed by atoms with Crippen LogP contribution in [-0.4, -0.2) is 5.25 Å². The summed E-state index contributed by atoms with van der Waals surface area (Å²) in [7, 11) is 0. The molecule has 0 aliphatic heterocycles. The molecular formula is C15H32S. The topological polar surface area (TPSA) is 0 Å². The van der Waals surface area contributed by atoms with Crippen LogP contribution in [0.3, 0.4) is 0 Å². The van der Waals surface area contributed by atoms with E-state index >= 15 is 0 Å². The molecular weight excluding hydrogens is 212 g/mol. The van der Waals surface area contributed by atoms with Gasteiger partial charge in [0, 0.05) is 5.25 Å². The SMILES string of the molecule is CCCCCCCCCC(S)CCCCC. The molecule has 0 amide bonds.